The summed E-state index contributed by atoms with van der Waals surface area (Å²) in [5, 5.41) is 0. The Labute approximate surface area is 159 Å². The average molecular weight is 374 g/mol. The van der Waals surface area contributed by atoms with Gasteiger partial charge in [0.2, 0.25) is 11.8 Å². The van der Waals surface area contributed by atoms with E-state index >= 15 is 0 Å². The molecule has 0 saturated carbocycles. The molecule has 0 bridgehead atoms. The van der Waals surface area contributed by atoms with Crippen molar-refractivity contribution in [2.75, 3.05) is 40.5 Å². The highest BCUT2D eigenvalue weighted by molar-refractivity contribution is 5.85. The van der Waals surface area contributed by atoms with E-state index in [1.165, 1.54) is 12.0 Å². The van der Waals surface area contributed by atoms with Gasteiger partial charge >= 0.3 is 0 Å². The monoisotopic (exact) mass is 374 g/mol. The van der Waals surface area contributed by atoms with Crippen LogP contribution in [0.3, 0.4) is 0 Å². The SMILES string of the molecule is COCCN(CC(=O)N(Cc1ccccc1)Cc1ccco1)C(=O)COC. The van der Waals surface area contributed by atoms with E-state index in [1.54, 1.807) is 24.3 Å². The van der Waals surface area contributed by atoms with E-state index in [4.69, 9.17) is 13.9 Å². The van der Waals surface area contributed by atoms with Crippen molar-refractivity contribution >= 4 is 11.8 Å². The Balaban J connectivity index is 2.11. The van der Waals surface area contributed by atoms with Gasteiger partial charge in [-0.1, -0.05) is 30.3 Å². The molecule has 2 amide bonds. The number of hydrogen-bond acceptors (Lipinski definition) is 5. The van der Waals surface area contributed by atoms with Crippen molar-refractivity contribution < 1.29 is 23.5 Å². The van der Waals surface area contributed by atoms with Crippen molar-refractivity contribution in [1.82, 2.24) is 9.80 Å². The highest BCUT2D eigenvalue weighted by atomic mass is 16.5. The maximum atomic E-state index is 13.0. The van der Waals surface area contributed by atoms with Crippen molar-refractivity contribution in [2.24, 2.45) is 0 Å². The van der Waals surface area contributed by atoms with E-state index in [-0.39, 0.29) is 25.0 Å². The molecule has 0 saturated heterocycles. The number of benzene rings is 1. The van der Waals surface area contributed by atoms with Gasteiger partial charge < -0.3 is 23.7 Å². The van der Waals surface area contributed by atoms with Gasteiger partial charge in [0.05, 0.1) is 26.0 Å². The number of methoxy groups -OCH3 is 2. The van der Waals surface area contributed by atoms with Crippen LogP contribution in [-0.2, 0) is 32.2 Å². The van der Waals surface area contributed by atoms with Crippen LogP contribution in [0, 0.1) is 0 Å². The van der Waals surface area contributed by atoms with Crippen LogP contribution in [0.5, 0.6) is 0 Å². The predicted octanol–water partition coefficient (Wildman–Crippen LogP) is 1.93. The lowest BCUT2D eigenvalue weighted by Gasteiger charge is -2.27. The van der Waals surface area contributed by atoms with Crippen LogP contribution in [-0.4, -0.2) is 62.1 Å². The van der Waals surface area contributed by atoms with Crippen LogP contribution in [0.1, 0.15) is 11.3 Å². The molecule has 1 aromatic heterocycles. The third kappa shape index (κ3) is 6.88. The smallest absolute Gasteiger partial charge is 0.249 e. The zero-order chi connectivity index (χ0) is 19.5. The molecule has 0 aliphatic rings. The van der Waals surface area contributed by atoms with E-state index in [1.807, 2.05) is 36.4 Å². The standard InChI is InChI=1S/C20H26N2O5/c1-25-12-10-21(20(24)16-26-2)15-19(23)22(14-18-9-6-11-27-18)13-17-7-4-3-5-8-17/h3-9,11H,10,12-16H2,1-2H3. The Hall–Kier alpha value is -2.64. The van der Waals surface area contributed by atoms with Crippen LogP contribution < -0.4 is 0 Å². The Morgan fingerprint density at radius 3 is 2.33 bits per heavy atom. The van der Waals surface area contributed by atoms with E-state index in [2.05, 4.69) is 0 Å². The Morgan fingerprint density at radius 1 is 0.926 bits per heavy atom. The Kier molecular flexibility index (Phi) is 8.54. The molecule has 0 N–H and O–H groups in total. The third-order valence-corrected chi connectivity index (χ3v) is 4.01. The molecule has 146 valence electrons. The summed E-state index contributed by atoms with van der Waals surface area (Å²) in [7, 11) is 3.01. The van der Waals surface area contributed by atoms with Gasteiger partial charge in [0.15, 0.2) is 0 Å². The highest BCUT2D eigenvalue weighted by Gasteiger charge is 2.22. The lowest BCUT2D eigenvalue weighted by Crippen LogP contribution is -2.44. The van der Waals surface area contributed by atoms with E-state index in [9.17, 15) is 9.59 Å². The van der Waals surface area contributed by atoms with Crippen LogP contribution in [0.25, 0.3) is 0 Å². The van der Waals surface area contributed by atoms with Gasteiger partial charge in [-0.2, -0.15) is 0 Å². The molecular formula is C20H26N2O5. The van der Waals surface area contributed by atoms with Crippen LogP contribution >= 0.6 is 0 Å². The highest BCUT2D eigenvalue weighted by Crippen LogP contribution is 2.11. The van der Waals surface area contributed by atoms with Gasteiger partial charge in [-0.05, 0) is 17.7 Å². The van der Waals surface area contributed by atoms with E-state index < -0.39 is 0 Å². The number of carbonyl (C=O) groups excluding carboxylic acids is 2. The fraction of sp³-hybridized carbons (Fsp3) is 0.400. The van der Waals surface area contributed by atoms with Crippen molar-refractivity contribution in [2.45, 2.75) is 13.1 Å². The number of nitrogens with zero attached hydrogens (tertiary/aromatic N) is 2. The topological polar surface area (TPSA) is 72.2 Å². The summed E-state index contributed by atoms with van der Waals surface area (Å²) >= 11 is 0. The minimum absolute atomic E-state index is 0.0426. The lowest BCUT2D eigenvalue weighted by atomic mass is 10.2. The molecule has 0 aliphatic heterocycles. The molecule has 2 rings (SSSR count). The molecule has 0 spiro atoms. The third-order valence-electron chi connectivity index (χ3n) is 4.01. The molecule has 7 heteroatoms. The molecule has 1 aromatic carbocycles. The molecule has 1 heterocycles. The number of ether oxygens (including phenoxy) is 2. The summed E-state index contributed by atoms with van der Waals surface area (Å²) in [6.07, 6.45) is 1.58. The number of amides is 2. The fourth-order valence-corrected chi connectivity index (χ4v) is 2.60. The molecule has 0 unspecified atom stereocenters. The summed E-state index contributed by atoms with van der Waals surface area (Å²) in [6, 6.07) is 13.3. The van der Waals surface area contributed by atoms with Gasteiger partial charge in [0.25, 0.3) is 0 Å². The van der Waals surface area contributed by atoms with Crippen molar-refractivity contribution in [3.8, 4) is 0 Å². The molecule has 0 radical (unpaired) electrons. The average Bonchev–Trinajstić information content (AvgIpc) is 3.18. The largest absolute Gasteiger partial charge is 0.467 e. The zero-order valence-corrected chi connectivity index (χ0v) is 15.8. The molecule has 0 aliphatic carbocycles. The van der Waals surface area contributed by atoms with Gasteiger partial charge in [-0.3, -0.25) is 9.59 Å². The van der Waals surface area contributed by atoms with Gasteiger partial charge in [0.1, 0.15) is 12.4 Å². The second kappa shape index (κ2) is 11.2. The van der Waals surface area contributed by atoms with Crippen LogP contribution in [0.2, 0.25) is 0 Å². The van der Waals surface area contributed by atoms with Crippen LogP contribution in [0.15, 0.2) is 53.1 Å². The first-order valence-electron chi connectivity index (χ1n) is 8.73. The number of hydrogen-bond donors (Lipinski definition) is 0. The summed E-state index contributed by atoms with van der Waals surface area (Å²) in [6.45, 7) is 1.31. The first-order chi connectivity index (χ1) is 13.1. The molecule has 27 heavy (non-hydrogen) atoms. The van der Waals surface area contributed by atoms with E-state index in [0.717, 1.165) is 5.56 Å². The lowest BCUT2D eigenvalue weighted by molar-refractivity contribution is -0.144. The molecule has 2 aromatic rings. The van der Waals surface area contributed by atoms with Gasteiger partial charge in [-0.25, -0.2) is 0 Å². The first kappa shape index (κ1) is 20.7. The first-order valence-corrected chi connectivity index (χ1v) is 8.73. The number of carbonyl (C=O) groups is 2. The van der Waals surface area contributed by atoms with Crippen molar-refractivity contribution in [3.05, 3.63) is 60.1 Å². The van der Waals surface area contributed by atoms with Gasteiger partial charge in [0, 0.05) is 27.3 Å². The summed E-state index contributed by atoms with van der Waals surface area (Å²) in [5.41, 5.74) is 1.00. The maximum Gasteiger partial charge on any atom is 0.249 e. The molecule has 0 fully saturated rings. The zero-order valence-electron chi connectivity index (χ0n) is 15.8. The Bertz CT molecular complexity index is 688. The number of rotatable bonds is 11. The predicted molar refractivity (Wildman–Crippen MR) is 99.7 cm³/mol. The quantitative estimate of drug-likeness (QED) is 0.601. The second-order valence-corrected chi connectivity index (χ2v) is 6.06. The number of furan rings is 1. The minimum atomic E-state index is -0.249. The minimum Gasteiger partial charge on any atom is -0.467 e. The molecular weight excluding hydrogens is 348 g/mol. The summed E-state index contributed by atoms with van der Waals surface area (Å²) < 4.78 is 15.4. The van der Waals surface area contributed by atoms with Crippen LogP contribution in [0.4, 0.5) is 0 Å². The maximum absolute atomic E-state index is 13.0. The Morgan fingerprint density at radius 2 is 1.70 bits per heavy atom. The van der Waals surface area contributed by atoms with Crippen molar-refractivity contribution in [1.29, 1.82) is 0 Å². The van der Waals surface area contributed by atoms with E-state index in [0.29, 0.717) is 32.0 Å². The normalized spacial score (nSPS) is 10.6. The molecule has 0 atom stereocenters. The van der Waals surface area contributed by atoms with Crippen molar-refractivity contribution in [3.63, 3.8) is 0 Å². The van der Waals surface area contributed by atoms with Gasteiger partial charge in [-0.15, -0.1) is 0 Å². The fourth-order valence-electron chi connectivity index (χ4n) is 2.60. The summed E-state index contributed by atoms with van der Waals surface area (Å²) in [5.74, 6) is 0.266. The molecule has 7 nitrogen and oxygen atoms in total. The second-order valence-electron chi connectivity index (χ2n) is 6.06. The summed E-state index contributed by atoms with van der Waals surface area (Å²) in [4.78, 5) is 28.3.